The minimum atomic E-state index is -1.79. The van der Waals surface area contributed by atoms with E-state index in [2.05, 4.69) is 67.8 Å². The van der Waals surface area contributed by atoms with Gasteiger partial charge in [-0.05, 0) is 51.4 Å². The second-order valence-electron chi connectivity index (χ2n) is 21.1. The molecule has 2 fully saturated rings. The van der Waals surface area contributed by atoms with Crippen molar-refractivity contribution in [2.45, 2.75) is 306 Å². The van der Waals surface area contributed by atoms with Crippen LogP contribution in [0.15, 0.2) is 48.6 Å². The van der Waals surface area contributed by atoms with Gasteiger partial charge in [0.1, 0.15) is 48.8 Å². The first-order chi connectivity index (χ1) is 36.1. The van der Waals surface area contributed by atoms with Crippen LogP contribution in [0.4, 0.5) is 0 Å². The lowest BCUT2D eigenvalue weighted by atomic mass is 9.97. The van der Waals surface area contributed by atoms with E-state index >= 15 is 0 Å². The second-order valence-corrected chi connectivity index (χ2v) is 21.1. The van der Waals surface area contributed by atoms with Gasteiger partial charge in [0.05, 0.1) is 32.0 Å². The predicted octanol–water partition coefficient (Wildman–Crippen LogP) is 10.0. The molecule has 2 heterocycles. The van der Waals surface area contributed by atoms with Crippen molar-refractivity contribution in [1.82, 2.24) is 5.32 Å². The molecule has 14 nitrogen and oxygen atoms in total. The molecule has 0 aromatic rings. The molecule has 1 amide bonds. The van der Waals surface area contributed by atoms with E-state index in [1.54, 1.807) is 0 Å². The molecular weight excluding hydrogens is 943 g/mol. The predicted molar refractivity (Wildman–Crippen MR) is 295 cm³/mol. The van der Waals surface area contributed by atoms with Gasteiger partial charge < -0.3 is 65.1 Å². The van der Waals surface area contributed by atoms with Crippen LogP contribution >= 0.6 is 0 Å². The van der Waals surface area contributed by atoms with E-state index in [4.69, 9.17) is 18.9 Å². The topological polar surface area (TPSA) is 228 Å². The summed E-state index contributed by atoms with van der Waals surface area (Å²) in [6.07, 6.45) is 39.6. The molecule has 2 aliphatic rings. The van der Waals surface area contributed by atoms with Crippen molar-refractivity contribution < 1.29 is 64.6 Å². The van der Waals surface area contributed by atoms with E-state index < -0.39 is 86.8 Å². The molecule has 74 heavy (non-hydrogen) atoms. The van der Waals surface area contributed by atoms with Crippen molar-refractivity contribution in [3.05, 3.63) is 48.6 Å². The summed E-state index contributed by atoms with van der Waals surface area (Å²) < 4.78 is 22.8. The second kappa shape index (κ2) is 45.9. The molecule has 9 N–H and O–H groups in total. The maximum absolute atomic E-state index is 13.3. The summed E-state index contributed by atoms with van der Waals surface area (Å²) in [6.45, 7) is 2.75. The number of carbonyl (C=O) groups is 1. The minimum Gasteiger partial charge on any atom is -0.394 e. The first kappa shape index (κ1) is 68.1. The summed E-state index contributed by atoms with van der Waals surface area (Å²) in [5, 5.41) is 87.3. The van der Waals surface area contributed by atoms with Gasteiger partial charge in [-0.15, -0.1) is 0 Å². The number of hydrogen-bond donors (Lipinski definition) is 9. The SMILES string of the molecule is CC/C=C\C/C=C\C/C=C\C/C=C\CCCCCCCCC(=O)NC(COC1OC(CO)C(OC2OC(CO)C(O)C(O)C2O)C(O)C1O)C(O)CCCCCCCCCCCCCCCCCCCCCCC. The van der Waals surface area contributed by atoms with Crippen molar-refractivity contribution in [2.24, 2.45) is 0 Å². The molecule has 14 heteroatoms. The molecule has 432 valence electrons. The van der Waals surface area contributed by atoms with Crippen molar-refractivity contribution in [1.29, 1.82) is 0 Å². The average molecular weight is 1050 g/mol. The smallest absolute Gasteiger partial charge is 0.220 e. The number of rotatable bonds is 47. The molecular formula is C60H109NO13. The molecule has 0 aliphatic carbocycles. The van der Waals surface area contributed by atoms with Gasteiger partial charge in [-0.1, -0.05) is 223 Å². The van der Waals surface area contributed by atoms with Crippen LogP contribution in [0.3, 0.4) is 0 Å². The number of aliphatic hydroxyl groups excluding tert-OH is 8. The lowest BCUT2D eigenvalue weighted by Crippen LogP contribution is -2.65. The quantitative estimate of drug-likeness (QED) is 0.0205. The fourth-order valence-electron chi connectivity index (χ4n) is 9.76. The van der Waals surface area contributed by atoms with Crippen LogP contribution in [0.5, 0.6) is 0 Å². The molecule has 12 unspecified atom stereocenters. The summed E-state index contributed by atoms with van der Waals surface area (Å²) in [4.78, 5) is 13.3. The summed E-state index contributed by atoms with van der Waals surface area (Å²) in [6, 6.07) is -0.838. The zero-order valence-electron chi connectivity index (χ0n) is 46.3. The number of allylic oxidation sites excluding steroid dienone is 8. The van der Waals surface area contributed by atoms with Crippen LogP contribution in [0.1, 0.15) is 232 Å². The van der Waals surface area contributed by atoms with E-state index in [1.165, 1.54) is 109 Å². The van der Waals surface area contributed by atoms with E-state index in [1.807, 2.05) is 0 Å². The van der Waals surface area contributed by atoms with Crippen molar-refractivity contribution in [3.63, 3.8) is 0 Å². The maximum Gasteiger partial charge on any atom is 0.220 e. The largest absolute Gasteiger partial charge is 0.394 e. The third kappa shape index (κ3) is 31.4. The Morgan fingerprint density at radius 3 is 1.43 bits per heavy atom. The molecule has 0 radical (unpaired) electrons. The number of unbranched alkanes of at least 4 members (excludes halogenated alkanes) is 26. The molecule has 0 bridgehead atoms. The summed E-state index contributed by atoms with van der Waals surface area (Å²) in [5.41, 5.74) is 0. The molecule has 0 aromatic carbocycles. The Bertz CT molecular complexity index is 1430. The highest BCUT2D eigenvalue weighted by Gasteiger charge is 2.51. The van der Waals surface area contributed by atoms with E-state index in [-0.39, 0.29) is 18.9 Å². The van der Waals surface area contributed by atoms with Gasteiger partial charge in [-0.25, -0.2) is 0 Å². The monoisotopic (exact) mass is 1050 g/mol. The van der Waals surface area contributed by atoms with E-state index in [0.29, 0.717) is 12.8 Å². The normalized spacial score (nSPS) is 25.5. The highest BCUT2D eigenvalue weighted by molar-refractivity contribution is 5.76. The van der Waals surface area contributed by atoms with E-state index in [0.717, 1.165) is 89.9 Å². The van der Waals surface area contributed by atoms with Gasteiger partial charge in [0.15, 0.2) is 12.6 Å². The first-order valence-corrected chi connectivity index (χ1v) is 29.9. The summed E-state index contributed by atoms with van der Waals surface area (Å²) in [5.74, 6) is -0.220. The number of amides is 1. The molecule has 0 spiro atoms. The lowest BCUT2D eigenvalue weighted by Gasteiger charge is -2.46. The van der Waals surface area contributed by atoms with Gasteiger partial charge in [0, 0.05) is 6.42 Å². The molecule has 0 aromatic heterocycles. The third-order valence-corrected chi connectivity index (χ3v) is 14.6. The number of nitrogens with one attached hydrogen (secondary N) is 1. The molecule has 2 aliphatic heterocycles. The summed E-state index contributed by atoms with van der Waals surface area (Å²) >= 11 is 0. The average Bonchev–Trinajstić information content (AvgIpc) is 3.40. The zero-order chi connectivity index (χ0) is 53.9. The van der Waals surface area contributed by atoms with E-state index in [9.17, 15) is 45.6 Å². The Labute approximate surface area is 448 Å². The highest BCUT2D eigenvalue weighted by atomic mass is 16.7. The van der Waals surface area contributed by atoms with Crippen molar-refractivity contribution in [2.75, 3.05) is 19.8 Å². The molecule has 2 saturated heterocycles. The van der Waals surface area contributed by atoms with Gasteiger partial charge in [0.2, 0.25) is 5.91 Å². The van der Waals surface area contributed by atoms with Gasteiger partial charge in [-0.2, -0.15) is 0 Å². The number of hydrogen-bond acceptors (Lipinski definition) is 13. The number of carbonyl (C=O) groups excluding carboxylic acids is 1. The fourth-order valence-corrected chi connectivity index (χ4v) is 9.76. The van der Waals surface area contributed by atoms with Crippen molar-refractivity contribution >= 4 is 5.91 Å². The van der Waals surface area contributed by atoms with Crippen LogP contribution in [0.2, 0.25) is 0 Å². The summed E-state index contributed by atoms with van der Waals surface area (Å²) in [7, 11) is 0. The van der Waals surface area contributed by atoms with Crippen LogP contribution in [-0.2, 0) is 23.7 Å². The van der Waals surface area contributed by atoms with Crippen LogP contribution in [-0.4, -0.2) is 140 Å². The Hall–Kier alpha value is -2.05. The molecule has 12 atom stereocenters. The Morgan fingerprint density at radius 1 is 0.500 bits per heavy atom. The van der Waals surface area contributed by atoms with Crippen LogP contribution < -0.4 is 5.32 Å². The Kier molecular flexibility index (Phi) is 42.2. The van der Waals surface area contributed by atoms with Crippen LogP contribution in [0.25, 0.3) is 0 Å². The maximum atomic E-state index is 13.3. The zero-order valence-corrected chi connectivity index (χ0v) is 46.3. The third-order valence-electron chi connectivity index (χ3n) is 14.6. The number of aliphatic hydroxyl groups is 8. The van der Waals surface area contributed by atoms with Gasteiger partial charge >= 0.3 is 0 Å². The van der Waals surface area contributed by atoms with Crippen molar-refractivity contribution in [3.8, 4) is 0 Å². The van der Waals surface area contributed by atoms with Gasteiger partial charge in [0.25, 0.3) is 0 Å². The van der Waals surface area contributed by atoms with Gasteiger partial charge in [-0.3, -0.25) is 4.79 Å². The first-order valence-electron chi connectivity index (χ1n) is 29.9. The highest BCUT2D eigenvalue weighted by Crippen LogP contribution is 2.30. The number of ether oxygens (including phenoxy) is 4. The van der Waals surface area contributed by atoms with Crippen LogP contribution in [0, 0.1) is 0 Å². The standard InChI is InChI=1S/C60H109NO13/c1-3-5-7-9-11-13-15-17-19-21-23-24-26-27-29-31-33-35-37-39-41-43-49(64)48(61-52(65)44-42-40-38-36-34-32-30-28-25-22-20-18-16-14-12-10-8-6-4-2)47-71-59-57(70)55(68)58(51(46-63)73-59)74-60-56(69)54(67)53(66)50(45-62)72-60/h6,8,12,14,18,20,25,28,48-51,53-60,62-64,66-70H,3-5,7,9-11,13,15-17,19,21-24,26-27,29-47H2,1-2H3,(H,61,65)/b8-6-,14-12-,20-18-,28-25-. The lowest BCUT2D eigenvalue weighted by molar-refractivity contribution is -0.359. The molecule has 0 saturated carbocycles. The minimum absolute atomic E-state index is 0.220. The Morgan fingerprint density at radius 2 is 0.932 bits per heavy atom. The Balaban J connectivity index is 1.76. The molecule has 2 rings (SSSR count). The fraction of sp³-hybridized carbons (Fsp3) is 0.850.